The highest BCUT2D eigenvalue weighted by Crippen LogP contribution is 2.28. The van der Waals surface area contributed by atoms with Gasteiger partial charge in [-0.1, -0.05) is 35.5 Å². The summed E-state index contributed by atoms with van der Waals surface area (Å²) < 4.78 is 1.93. The molecule has 0 aliphatic rings. The molecule has 0 radical (unpaired) electrons. The van der Waals surface area contributed by atoms with Gasteiger partial charge in [0.05, 0.1) is 5.75 Å². The van der Waals surface area contributed by atoms with Crippen LogP contribution in [0.15, 0.2) is 66.1 Å². The lowest BCUT2D eigenvalue weighted by Crippen LogP contribution is -2.33. The van der Waals surface area contributed by atoms with Gasteiger partial charge in [-0.15, -0.1) is 10.2 Å². The molecular weight excluding hydrogens is 406 g/mol. The fourth-order valence-electron chi connectivity index (χ4n) is 2.79. The minimum Gasteiger partial charge on any atom is -0.338 e. The monoisotopic (exact) mass is 427 g/mol. The Bertz CT molecular complexity index is 988. The largest absolute Gasteiger partial charge is 0.338 e. The van der Waals surface area contributed by atoms with Crippen LogP contribution >= 0.6 is 23.4 Å². The third kappa shape index (κ3) is 5.25. The molecule has 0 fully saturated rings. The van der Waals surface area contributed by atoms with Gasteiger partial charge in [-0.3, -0.25) is 14.3 Å². The lowest BCUT2D eigenvalue weighted by molar-refractivity contribution is -0.127. The Morgan fingerprint density at radius 1 is 1.17 bits per heavy atom. The fourth-order valence-corrected chi connectivity index (χ4v) is 3.77. The second-order valence-corrected chi connectivity index (χ2v) is 7.89. The van der Waals surface area contributed by atoms with Gasteiger partial charge in [0, 0.05) is 41.8 Å². The van der Waals surface area contributed by atoms with Gasteiger partial charge in [-0.05, 0) is 50.2 Å². The molecule has 150 valence electrons. The predicted octanol–water partition coefficient (Wildman–Crippen LogP) is 4.50. The normalized spacial score (nSPS) is 10.7. The smallest absolute Gasteiger partial charge is 0.233 e. The lowest BCUT2D eigenvalue weighted by atomic mass is 10.2. The zero-order chi connectivity index (χ0) is 20.8. The topological polar surface area (TPSA) is 63.9 Å². The second kappa shape index (κ2) is 9.71. The van der Waals surface area contributed by atoms with E-state index in [9.17, 15) is 4.79 Å². The molecule has 0 bridgehead atoms. The number of carbonyl (C=O) groups is 1. The number of pyridine rings is 1. The maximum Gasteiger partial charge on any atom is 0.233 e. The maximum atomic E-state index is 12.6. The number of aromatic nitrogens is 4. The Morgan fingerprint density at radius 3 is 2.48 bits per heavy atom. The van der Waals surface area contributed by atoms with Crippen LogP contribution in [0.4, 0.5) is 0 Å². The van der Waals surface area contributed by atoms with E-state index in [1.807, 2.05) is 54.8 Å². The van der Waals surface area contributed by atoms with Crippen molar-refractivity contribution in [2.75, 3.05) is 18.8 Å². The molecule has 1 aromatic carbocycles. The molecule has 2 aromatic heterocycles. The number of benzene rings is 1. The van der Waals surface area contributed by atoms with E-state index in [1.165, 1.54) is 11.8 Å². The number of hydrogen-bond acceptors (Lipinski definition) is 5. The molecule has 6 nitrogen and oxygen atoms in total. The molecule has 0 saturated heterocycles. The first kappa shape index (κ1) is 21.1. The number of carbonyl (C=O) groups excluding carboxylic acids is 1. The highest BCUT2D eigenvalue weighted by molar-refractivity contribution is 7.99. The highest BCUT2D eigenvalue weighted by atomic mass is 35.5. The quantitative estimate of drug-likeness (QED) is 0.391. The van der Waals surface area contributed by atoms with Crippen LogP contribution in [0.2, 0.25) is 5.02 Å². The Hall–Kier alpha value is -2.64. The van der Waals surface area contributed by atoms with Crippen molar-refractivity contribution in [3.63, 3.8) is 0 Å². The molecule has 2 heterocycles. The molecule has 1 amide bonds. The van der Waals surface area contributed by atoms with Crippen LogP contribution in [0.1, 0.15) is 13.8 Å². The molecule has 0 N–H and O–H groups in total. The lowest BCUT2D eigenvalue weighted by Gasteiger charge is -2.20. The van der Waals surface area contributed by atoms with E-state index in [1.54, 1.807) is 17.3 Å². The van der Waals surface area contributed by atoms with Crippen LogP contribution in [0.25, 0.3) is 17.1 Å². The molecule has 0 aliphatic heterocycles. The van der Waals surface area contributed by atoms with E-state index in [0.717, 1.165) is 16.8 Å². The number of hydrogen-bond donors (Lipinski definition) is 0. The van der Waals surface area contributed by atoms with Crippen LogP contribution in [0.3, 0.4) is 0 Å². The zero-order valence-electron chi connectivity index (χ0n) is 16.4. The van der Waals surface area contributed by atoms with Gasteiger partial charge in [-0.2, -0.15) is 0 Å². The van der Waals surface area contributed by atoms with Crippen LogP contribution in [-0.4, -0.2) is 49.4 Å². The second-order valence-electron chi connectivity index (χ2n) is 6.51. The third-order valence-electron chi connectivity index (χ3n) is 4.18. The molecule has 0 atom stereocenters. The summed E-state index contributed by atoms with van der Waals surface area (Å²) in [5.74, 6) is 0.985. The summed E-state index contributed by atoms with van der Waals surface area (Å²) in [6, 6.07) is 11.2. The van der Waals surface area contributed by atoms with Crippen molar-refractivity contribution in [3.05, 3.63) is 66.0 Å². The minimum absolute atomic E-state index is 0.0385. The van der Waals surface area contributed by atoms with Crippen molar-refractivity contribution in [1.29, 1.82) is 0 Å². The van der Waals surface area contributed by atoms with Crippen LogP contribution < -0.4 is 0 Å². The average molecular weight is 428 g/mol. The molecule has 3 aromatic rings. The molecular formula is C21H22ClN5OS. The van der Waals surface area contributed by atoms with Gasteiger partial charge < -0.3 is 4.90 Å². The molecule has 0 aliphatic carbocycles. The van der Waals surface area contributed by atoms with E-state index in [2.05, 4.69) is 21.8 Å². The van der Waals surface area contributed by atoms with Gasteiger partial charge >= 0.3 is 0 Å². The number of nitrogens with zero attached hydrogens (tertiary/aromatic N) is 5. The third-order valence-corrected chi connectivity index (χ3v) is 5.34. The summed E-state index contributed by atoms with van der Waals surface area (Å²) >= 11 is 7.41. The number of thioether (sulfide) groups is 1. The SMILES string of the molecule is C=C(C)CN(CC)C(=O)CSc1nnc(-c2ccncc2)n1-c1ccc(Cl)cc1. The predicted molar refractivity (Wildman–Crippen MR) is 117 cm³/mol. The molecule has 3 rings (SSSR count). The standard InChI is InChI=1S/C21H22ClN5OS/c1-4-26(13-15(2)3)19(28)14-29-21-25-24-20(16-9-11-23-12-10-16)27(21)18-7-5-17(22)6-8-18/h5-12H,2,4,13-14H2,1,3H3. The molecule has 8 heteroatoms. The number of halogens is 1. The van der Waals surface area contributed by atoms with Gasteiger partial charge in [0.25, 0.3) is 0 Å². The first-order valence-corrected chi connectivity index (χ1v) is 10.5. The number of rotatable bonds is 8. The minimum atomic E-state index is 0.0385. The maximum absolute atomic E-state index is 12.6. The van der Waals surface area contributed by atoms with Crippen molar-refractivity contribution in [2.45, 2.75) is 19.0 Å². The van der Waals surface area contributed by atoms with E-state index >= 15 is 0 Å². The first-order valence-electron chi connectivity index (χ1n) is 9.16. The van der Waals surface area contributed by atoms with Crippen LogP contribution in [0.5, 0.6) is 0 Å². The van der Waals surface area contributed by atoms with Crippen molar-refractivity contribution in [2.24, 2.45) is 0 Å². The summed E-state index contributed by atoms with van der Waals surface area (Å²) in [7, 11) is 0. The van der Waals surface area contributed by atoms with Crippen molar-refractivity contribution >= 4 is 29.3 Å². The van der Waals surface area contributed by atoms with E-state index < -0.39 is 0 Å². The first-order chi connectivity index (χ1) is 14.0. The number of likely N-dealkylation sites (N-methyl/N-ethyl adjacent to an activating group) is 1. The summed E-state index contributed by atoms with van der Waals surface area (Å²) in [5.41, 5.74) is 2.71. The summed E-state index contributed by atoms with van der Waals surface area (Å²) in [4.78, 5) is 18.5. The molecule has 0 unspecified atom stereocenters. The van der Waals surface area contributed by atoms with E-state index in [-0.39, 0.29) is 11.7 Å². The number of amides is 1. The highest BCUT2D eigenvalue weighted by Gasteiger charge is 2.19. The Morgan fingerprint density at radius 2 is 1.86 bits per heavy atom. The van der Waals surface area contributed by atoms with Crippen LogP contribution in [-0.2, 0) is 4.79 Å². The fraction of sp³-hybridized carbons (Fsp3) is 0.238. The van der Waals surface area contributed by atoms with Crippen LogP contribution in [0, 0.1) is 0 Å². The summed E-state index contributed by atoms with van der Waals surface area (Å²) in [6.45, 7) is 8.97. The average Bonchev–Trinajstić information content (AvgIpc) is 3.15. The Kier molecular flexibility index (Phi) is 7.06. The van der Waals surface area contributed by atoms with Gasteiger partial charge in [0.1, 0.15) is 0 Å². The van der Waals surface area contributed by atoms with Crippen molar-refractivity contribution < 1.29 is 4.79 Å². The Balaban J connectivity index is 1.91. The summed E-state index contributed by atoms with van der Waals surface area (Å²) in [5, 5.41) is 10.00. The summed E-state index contributed by atoms with van der Waals surface area (Å²) in [6.07, 6.45) is 3.42. The molecule has 29 heavy (non-hydrogen) atoms. The van der Waals surface area contributed by atoms with Crippen molar-refractivity contribution in [3.8, 4) is 17.1 Å². The van der Waals surface area contributed by atoms with Gasteiger partial charge in [0.15, 0.2) is 11.0 Å². The van der Waals surface area contributed by atoms with E-state index in [0.29, 0.717) is 29.1 Å². The van der Waals surface area contributed by atoms with E-state index in [4.69, 9.17) is 11.6 Å². The molecule has 0 saturated carbocycles. The van der Waals surface area contributed by atoms with Crippen molar-refractivity contribution in [1.82, 2.24) is 24.6 Å². The molecule has 0 spiro atoms. The van der Waals surface area contributed by atoms with Gasteiger partial charge in [0.2, 0.25) is 5.91 Å². The van der Waals surface area contributed by atoms with Gasteiger partial charge in [-0.25, -0.2) is 0 Å². The Labute approximate surface area is 179 Å². The zero-order valence-corrected chi connectivity index (χ0v) is 18.0.